The molecule has 0 bridgehead atoms. The average Bonchev–Trinajstić information content (AvgIpc) is 3.54. The second-order valence-electron chi connectivity index (χ2n) is 9.30. The van der Waals surface area contributed by atoms with Crippen molar-refractivity contribution in [1.82, 2.24) is 14.5 Å². The summed E-state index contributed by atoms with van der Waals surface area (Å²) in [5, 5.41) is 4.00. The number of para-hydroxylation sites is 2. The molecule has 0 saturated carbocycles. The molecule has 0 saturated heterocycles. The number of hydrogen-bond acceptors (Lipinski definition) is 5. The van der Waals surface area contributed by atoms with Gasteiger partial charge in [0.15, 0.2) is 0 Å². The molecule has 0 amide bonds. The molecule has 0 unspecified atom stereocenters. The van der Waals surface area contributed by atoms with E-state index in [0.717, 1.165) is 44.0 Å². The minimum absolute atomic E-state index is 0. The van der Waals surface area contributed by atoms with Crippen molar-refractivity contribution in [1.29, 1.82) is 0 Å². The number of aromatic nitrogens is 3. The van der Waals surface area contributed by atoms with Crippen molar-refractivity contribution in [3.05, 3.63) is 128 Å². The first-order valence-corrected chi connectivity index (χ1v) is 12.8. The van der Waals surface area contributed by atoms with Crippen LogP contribution in [0.2, 0.25) is 0 Å². The molecular weight excluding hydrogens is 693 g/mol. The van der Waals surface area contributed by atoms with E-state index in [-0.39, 0.29) is 21.1 Å². The van der Waals surface area contributed by atoms with Crippen LogP contribution >= 0.6 is 0 Å². The van der Waals surface area contributed by atoms with Crippen molar-refractivity contribution in [2.24, 2.45) is 0 Å². The maximum absolute atomic E-state index is 6.39. The smallest absolute Gasteiger partial charge is 0.512 e. The van der Waals surface area contributed by atoms with Crippen LogP contribution in [-0.2, 0) is 21.1 Å². The van der Waals surface area contributed by atoms with Crippen LogP contribution in [0.3, 0.4) is 0 Å². The Bertz CT molecular complexity index is 2170. The standard InChI is InChI=1S/C34H19N3O3.Pt/c1-3-11-28-24(9-1)25-16-15-22(20-29(25)37(28)32-13-5-7-17-35-32)38-23-19-27-26-10-2-4-12-30(26)40-34(27)31(21-23)39-33-14-6-8-18-36-33;/h1-19H;/q-2;+2. The summed E-state index contributed by atoms with van der Waals surface area (Å²) in [4.78, 5) is 8.91. The van der Waals surface area contributed by atoms with E-state index in [2.05, 4.69) is 44.9 Å². The van der Waals surface area contributed by atoms with Crippen molar-refractivity contribution in [3.63, 3.8) is 0 Å². The molecule has 41 heavy (non-hydrogen) atoms. The van der Waals surface area contributed by atoms with E-state index < -0.39 is 0 Å². The van der Waals surface area contributed by atoms with Gasteiger partial charge in [-0.2, -0.15) is 6.07 Å². The molecule has 0 spiro atoms. The van der Waals surface area contributed by atoms with E-state index in [1.807, 2.05) is 78.9 Å². The van der Waals surface area contributed by atoms with Crippen molar-refractivity contribution in [2.75, 3.05) is 0 Å². The summed E-state index contributed by atoms with van der Waals surface area (Å²) < 4.78 is 20.8. The molecule has 0 aliphatic heterocycles. The molecule has 4 heterocycles. The Balaban J connectivity index is 0.00000276. The van der Waals surface area contributed by atoms with Crippen LogP contribution in [0.15, 0.2) is 120 Å². The quantitative estimate of drug-likeness (QED) is 0.167. The van der Waals surface area contributed by atoms with Crippen LogP contribution in [0, 0.1) is 12.1 Å². The first-order valence-electron chi connectivity index (χ1n) is 12.8. The molecule has 198 valence electrons. The van der Waals surface area contributed by atoms with Gasteiger partial charge < -0.3 is 18.5 Å². The Labute approximate surface area is 249 Å². The molecule has 4 aromatic carbocycles. The predicted molar refractivity (Wildman–Crippen MR) is 154 cm³/mol. The molecule has 4 aromatic heterocycles. The summed E-state index contributed by atoms with van der Waals surface area (Å²) >= 11 is 0. The van der Waals surface area contributed by atoms with E-state index in [1.165, 1.54) is 0 Å². The van der Waals surface area contributed by atoms with Gasteiger partial charge in [-0.1, -0.05) is 65.5 Å². The first kappa shape index (κ1) is 25.1. The molecule has 0 aliphatic rings. The molecule has 0 atom stereocenters. The summed E-state index contributed by atoms with van der Waals surface area (Å²) in [6, 6.07) is 40.1. The van der Waals surface area contributed by atoms with Crippen LogP contribution in [0.1, 0.15) is 0 Å². The zero-order chi connectivity index (χ0) is 26.5. The third-order valence-corrected chi connectivity index (χ3v) is 6.85. The number of ether oxygens (including phenoxy) is 2. The molecule has 8 aromatic rings. The number of hydrogen-bond donors (Lipinski definition) is 0. The first-order chi connectivity index (χ1) is 19.8. The van der Waals surface area contributed by atoms with E-state index in [0.29, 0.717) is 28.7 Å². The van der Waals surface area contributed by atoms with Crippen LogP contribution in [0.4, 0.5) is 0 Å². The van der Waals surface area contributed by atoms with Crippen molar-refractivity contribution in [3.8, 4) is 28.9 Å². The fourth-order valence-corrected chi connectivity index (χ4v) is 5.13. The third kappa shape index (κ3) is 4.33. The minimum Gasteiger partial charge on any atom is -0.512 e. The summed E-state index contributed by atoms with van der Waals surface area (Å²) in [5.74, 6) is 2.66. The van der Waals surface area contributed by atoms with E-state index >= 15 is 0 Å². The summed E-state index contributed by atoms with van der Waals surface area (Å²) in [7, 11) is 0. The van der Waals surface area contributed by atoms with E-state index in [9.17, 15) is 0 Å². The Kier molecular flexibility index (Phi) is 6.26. The second kappa shape index (κ2) is 10.2. The van der Waals surface area contributed by atoms with Gasteiger partial charge >= 0.3 is 21.1 Å². The number of nitrogens with zero attached hydrogens (tertiary/aromatic N) is 3. The molecule has 7 heteroatoms. The average molecular weight is 713 g/mol. The topological polar surface area (TPSA) is 62.3 Å². The molecule has 0 fully saturated rings. The normalized spacial score (nSPS) is 11.2. The van der Waals surface area contributed by atoms with Crippen LogP contribution in [0.25, 0.3) is 49.6 Å². The monoisotopic (exact) mass is 712 g/mol. The Hall–Kier alpha value is -4.93. The Morgan fingerprint density at radius 1 is 0.634 bits per heavy atom. The fourth-order valence-electron chi connectivity index (χ4n) is 5.13. The Morgan fingerprint density at radius 2 is 1.41 bits per heavy atom. The summed E-state index contributed by atoms with van der Waals surface area (Å²) in [6.07, 6.45) is 3.47. The maximum Gasteiger partial charge on any atom is 2.00 e. The van der Waals surface area contributed by atoms with Gasteiger partial charge in [-0.25, -0.2) is 9.97 Å². The van der Waals surface area contributed by atoms with Gasteiger partial charge in [0.1, 0.15) is 11.4 Å². The molecule has 8 rings (SSSR count). The minimum atomic E-state index is 0. The summed E-state index contributed by atoms with van der Waals surface area (Å²) in [5.41, 5.74) is 3.25. The fraction of sp³-hybridized carbons (Fsp3) is 0. The van der Waals surface area contributed by atoms with Gasteiger partial charge in [-0.05, 0) is 35.7 Å². The van der Waals surface area contributed by atoms with Crippen LogP contribution in [0.5, 0.6) is 23.1 Å². The van der Waals surface area contributed by atoms with Gasteiger partial charge in [0.05, 0.1) is 11.3 Å². The zero-order valence-electron chi connectivity index (χ0n) is 21.4. The maximum atomic E-state index is 6.39. The van der Waals surface area contributed by atoms with Crippen molar-refractivity contribution in [2.45, 2.75) is 0 Å². The van der Waals surface area contributed by atoms with Crippen molar-refractivity contribution < 1.29 is 35.0 Å². The number of benzene rings is 4. The largest absolute Gasteiger partial charge is 2.00 e. The molecule has 6 nitrogen and oxygen atoms in total. The third-order valence-electron chi connectivity index (χ3n) is 6.85. The summed E-state index contributed by atoms with van der Waals surface area (Å²) in [6.45, 7) is 0. The number of pyridine rings is 2. The van der Waals surface area contributed by atoms with E-state index in [4.69, 9.17) is 13.9 Å². The van der Waals surface area contributed by atoms with Gasteiger partial charge in [-0.3, -0.25) is 0 Å². The van der Waals surface area contributed by atoms with Crippen molar-refractivity contribution >= 4 is 43.7 Å². The predicted octanol–water partition coefficient (Wildman–Crippen LogP) is 8.66. The van der Waals surface area contributed by atoms with E-state index in [1.54, 1.807) is 18.5 Å². The van der Waals surface area contributed by atoms with Crippen LogP contribution < -0.4 is 9.47 Å². The zero-order valence-corrected chi connectivity index (χ0v) is 23.6. The molecule has 0 N–H and O–H groups in total. The number of fused-ring (bicyclic) bond motifs is 6. The molecule has 0 radical (unpaired) electrons. The molecular formula is C34H19N3O3Pt. The SMILES string of the molecule is [Pt+2].[c-]1c(Oc2[c-]c3c(cc2)c2ccccc2n3-c2ccccn2)cc2c(oc3ccccc32)c1Oc1ccccn1. The van der Waals surface area contributed by atoms with Gasteiger partial charge in [0.25, 0.3) is 0 Å². The van der Waals surface area contributed by atoms with Gasteiger partial charge in [0.2, 0.25) is 5.88 Å². The van der Waals surface area contributed by atoms with Crippen LogP contribution in [-0.4, -0.2) is 14.5 Å². The number of furan rings is 1. The van der Waals surface area contributed by atoms with Gasteiger partial charge in [-0.15, -0.1) is 23.6 Å². The molecule has 0 aliphatic carbocycles. The Morgan fingerprint density at radius 3 is 2.24 bits per heavy atom. The van der Waals surface area contributed by atoms with Gasteiger partial charge in [0, 0.05) is 40.9 Å². The second-order valence-corrected chi connectivity index (χ2v) is 9.30. The number of rotatable bonds is 5.